The van der Waals surface area contributed by atoms with Crippen LogP contribution in [0.25, 0.3) is 0 Å². The van der Waals surface area contributed by atoms with Crippen molar-refractivity contribution in [3.05, 3.63) is 12.2 Å². The van der Waals surface area contributed by atoms with Gasteiger partial charge in [0.1, 0.15) is 19.3 Å². The third-order valence-electron chi connectivity index (χ3n) is 1.09. The van der Waals surface area contributed by atoms with Gasteiger partial charge in [-0.1, -0.05) is 6.58 Å². The number of rotatable bonds is 6. The van der Waals surface area contributed by atoms with Crippen LogP contribution in [0.4, 0.5) is 0 Å². The lowest BCUT2D eigenvalue weighted by Crippen LogP contribution is -2.23. The largest absolute Gasteiger partial charge is 0.459 e. The first-order valence-corrected chi connectivity index (χ1v) is 3.57. The Morgan fingerprint density at radius 1 is 1.62 bits per heavy atom. The van der Waals surface area contributed by atoms with Gasteiger partial charge >= 0.3 is 12.4 Å². The minimum Gasteiger partial charge on any atom is -0.459 e. The maximum absolute atomic E-state index is 10.8. The molecule has 73 valence electrons. The maximum Gasteiger partial charge on any atom is 0.417 e. The predicted molar refractivity (Wildman–Crippen MR) is 43.4 cm³/mol. The van der Waals surface area contributed by atoms with E-state index >= 15 is 0 Å². The van der Waals surface area contributed by atoms with E-state index in [9.17, 15) is 9.59 Å². The van der Waals surface area contributed by atoms with Gasteiger partial charge in [0.25, 0.3) is 0 Å². The molecule has 5 nitrogen and oxygen atoms in total. The summed E-state index contributed by atoms with van der Waals surface area (Å²) in [4.78, 5) is 20.3. The molecule has 0 bridgehead atoms. The van der Waals surface area contributed by atoms with E-state index in [2.05, 4.69) is 16.1 Å². The maximum atomic E-state index is 10.8. The van der Waals surface area contributed by atoms with Gasteiger partial charge in [0.05, 0.1) is 0 Å². The Bertz CT molecular complexity index is 199. The van der Waals surface area contributed by atoms with E-state index in [0.29, 0.717) is 0 Å². The number of aliphatic hydroxyl groups excluding tert-OH is 1. The Labute approximate surface area is 75.9 Å². The van der Waals surface area contributed by atoms with Crippen molar-refractivity contribution >= 4 is 12.4 Å². The van der Waals surface area contributed by atoms with Gasteiger partial charge in [-0.2, -0.15) is 0 Å². The molecular weight excluding hydrogens is 176 g/mol. The lowest BCUT2D eigenvalue weighted by molar-refractivity contribution is -0.142. The SMILES string of the molecule is C=C(C)C(=O)OCC(O)CO[C]=O. The minimum absolute atomic E-state index is 0.229. The van der Waals surface area contributed by atoms with Crippen molar-refractivity contribution in [2.24, 2.45) is 0 Å². The molecule has 1 atom stereocenters. The van der Waals surface area contributed by atoms with E-state index in [0.717, 1.165) is 6.47 Å². The third-order valence-corrected chi connectivity index (χ3v) is 1.09. The summed E-state index contributed by atoms with van der Waals surface area (Å²) < 4.78 is 8.68. The number of carbonyl (C=O) groups is 1. The lowest BCUT2D eigenvalue weighted by atomic mass is 10.3. The molecule has 0 saturated heterocycles. The van der Waals surface area contributed by atoms with Gasteiger partial charge in [0.15, 0.2) is 0 Å². The van der Waals surface area contributed by atoms with E-state index in [-0.39, 0.29) is 18.8 Å². The molecular formula is C8H11O5. The summed E-state index contributed by atoms with van der Waals surface area (Å²) in [6, 6.07) is 0. The molecule has 1 radical (unpaired) electrons. The van der Waals surface area contributed by atoms with Crippen LogP contribution in [0.1, 0.15) is 6.92 Å². The van der Waals surface area contributed by atoms with Crippen molar-refractivity contribution in [3.8, 4) is 0 Å². The van der Waals surface area contributed by atoms with Crippen molar-refractivity contribution in [2.75, 3.05) is 13.2 Å². The average Bonchev–Trinajstić information content (AvgIpc) is 2.10. The molecule has 0 aromatic carbocycles. The van der Waals surface area contributed by atoms with Gasteiger partial charge in [-0.3, -0.25) is 0 Å². The zero-order chi connectivity index (χ0) is 10.3. The normalized spacial score (nSPS) is 11.5. The third kappa shape index (κ3) is 5.86. The summed E-state index contributed by atoms with van der Waals surface area (Å²) >= 11 is 0. The van der Waals surface area contributed by atoms with Crippen LogP contribution in [0.5, 0.6) is 0 Å². The van der Waals surface area contributed by atoms with Crippen molar-refractivity contribution < 1.29 is 24.2 Å². The Morgan fingerprint density at radius 2 is 2.23 bits per heavy atom. The Hall–Kier alpha value is -1.36. The van der Waals surface area contributed by atoms with Crippen LogP contribution >= 0.6 is 0 Å². The highest BCUT2D eigenvalue weighted by Crippen LogP contribution is 1.94. The van der Waals surface area contributed by atoms with Gasteiger partial charge in [-0.15, -0.1) is 0 Å². The molecule has 0 aliphatic heterocycles. The molecule has 1 unspecified atom stereocenters. The van der Waals surface area contributed by atoms with Crippen molar-refractivity contribution in [1.82, 2.24) is 0 Å². The van der Waals surface area contributed by atoms with Gasteiger partial charge < -0.3 is 14.6 Å². The highest BCUT2D eigenvalue weighted by molar-refractivity contribution is 5.86. The molecule has 0 heterocycles. The molecule has 0 saturated carbocycles. The molecule has 0 aliphatic carbocycles. The first-order valence-electron chi connectivity index (χ1n) is 3.57. The van der Waals surface area contributed by atoms with Crippen molar-refractivity contribution in [3.63, 3.8) is 0 Å². The van der Waals surface area contributed by atoms with E-state index in [1.165, 1.54) is 6.92 Å². The van der Waals surface area contributed by atoms with E-state index in [1.807, 2.05) is 0 Å². The summed E-state index contributed by atoms with van der Waals surface area (Å²) in [7, 11) is 0. The topological polar surface area (TPSA) is 72.8 Å². The summed E-state index contributed by atoms with van der Waals surface area (Å²) in [6.07, 6.45) is -1.02. The number of hydrogen-bond acceptors (Lipinski definition) is 5. The fraction of sp³-hybridized carbons (Fsp3) is 0.500. The first-order chi connectivity index (χ1) is 6.07. The number of hydrogen-bond donors (Lipinski definition) is 1. The molecule has 0 rings (SSSR count). The molecule has 0 spiro atoms. The van der Waals surface area contributed by atoms with E-state index in [4.69, 9.17) is 5.11 Å². The predicted octanol–water partition coefficient (Wildman–Crippen LogP) is -0.450. The zero-order valence-electron chi connectivity index (χ0n) is 7.28. The second-order valence-corrected chi connectivity index (χ2v) is 2.43. The van der Waals surface area contributed by atoms with E-state index < -0.39 is 12.1 Å². The van der Waals surface area contributed by atoms with Crippen LogP contribution in [0, 0.1) is 0 Å². The fourth-order valence-electron chi connectivity index (χ4n) is 0.473. The zero-order valence-corrected chi connectivity index (χ0v) is 7.28. The van der Waals surface area contributed by atoms with E-state index in [1.54, 1.807) is 0 Å². The number of carbonyl (C=O) groups excluding carboxylic acids is 2. The van der Waals surface area contributed by atoms with Gasteiger partial charge in [0.2, 0.25) is 0 Å². The summed E-state index contributed by atoms with van der Waals surface area (Å²) in [5.74, 6) is -0.589. The second-order valence-electron chi connectivity index (χ2n) is 2.43. The lowest BCUT2D eigenvalue weighted by Gasteiger charge is -2.09. The quantitative estimate of drug-likeness (QED) is 0.450. The summed E-state index contributed by atoms with van der Waals surface area (Å²) in [5.41, 5.74) is 0.245. The fourth-order valence-corrected chi connectivity index (χ4v) is 0.473. The highest BCUT2D eigenvalue weighted by Gasteiger charge is 2.09. The molecule has 13 heavy (non-hydrogen) atoms. The summed E-state index contributed by atoms with van der Waals surface area (Å²) in [6.45, 7) is 5.50. The summed E-state index contributed by atoms with van der Waals surface area (Å²) in [5, 5.41) is 9.00. The molecule has 5 heteroatoms. The van der Waals surface area contributed by atoms with Gasteiger partial charge in [-0.25, -0.2) is 9.59 Å². The Kier molecular flexibility index (Phi) is 5.54. The van der Waals surface area contributed by atoms with Crippen LogP contribution in [0.15, 0.2) is 12.2 Å². The molecule has 0 amide bonds. The smallest absolute Gasteiger partial charge is 0.417 e. The van der Waals surface area contributed by atoms with Gasteiger partial charge in [-0.05, 0) is 6.92 Å². The standard InChI is InChI=1S/C8H11O5/c1-6(2)8(11)13-4-7(10)3-12-5-9/h7,10H,1,3-4H2,2H3. The monoisotopic (exact) mass is 187 g/mol. The minimum atomic E-state index is -1.02. The molecule has 0 aliphatic rings. The van der Waals surface area contributed by atoms with Crippen LogP contribution in [0.3, 0.4) is 0 Å². The molecule has 0 fully saturated rings. The number of esters is 1. The highest BCUT2D eigenvalue weighted by atomic mass is 16.6. The van der Waals surface area contributed by atoms with Crippen LogP contribution < -0.4 is 0 Å². The molecule has 1 N–H and O–H groups in total. The van der Waals surface area contributed by atoms with Crippen LogP contribution in [-0.4, -0.2) is 36.9 Å². The second kappa shape index (κ2) is 6.19. The molecule has 0 aromatic rings. The van der Waals surface area contributed by atoms with Crippen molar-refractivity contribution in [1.29, 1.82) is 0 Å². The van der Waals surface area contributed by atoms with Crippen LogP contribution in [0.2, 0.25) is 0 Å². The van der Waals surface area contributed by atoms with Gasteiger partial charge in [0, 0.05) is 5.57 Å². The molecule has 0 aromatic heterocycles. The number of aliphatic hydroxyl groups is 1. The Morgan fingerprint density at radius 3 is 2.69 bits per heavy atom. The number of ether oxygens (including phenoxy) is 2. The Balaban J connectivity index is 3.57. The van der Waals surface area contributed by atoms with Crippen LogP contribution in [-0.2, 0) is 19.1 Å². The first kappa shape index (κ1) is 11.6. The average molecular weight is 187 g/mol. The van der Waals surface area contributed by atoms with Crippen molar-refractivity contribution in [2.45, 2.75) is 13.0 Å².